The number of piperazine rings is 1. The fourth-order valence-electron chi connectivity index (χ4n) is 4.82. The van der Waals surface area contributed by atoms with E-state index >= 15 is 0 Å². The molecule has 0 bridgehead atoms. The zero-order valence-electron chi connectivity index (χ0n) is 17.1. The van der Waals surface area contributed by atoms with E-state index in [9.17, 15) is 13.2 Å². The van der Waals surface area contributed by atoms with Gasteiger partial charge in [0.15, 0.2) is 9.84 Å². The molecule has 1 aliphatic heterocycles. The van der Waals surface area contributed by atoms with Crippen LogP contribution in [0, 0.1) is 11.8 Å². The van der Waals surface area contributed by atoms with Crippen LogP contribution in [0.15, 0.2) is 24.3 Å². The van der Waals surface area contributed by atoms with Crippen LogP contribution in [0.25, 0.3) is 0 Å². The standard InChI is InChI=1S/C21H32ClN3O3S/c1-29(27,28)20(21(23)26)17-4-2-16(3-5-17)10-11-24-12-14-25(15-13-24)19-8-6-18(22)7-9-19/h6-9,16-17,20H,2-5,10-15H2,1H3,(H2,23,26). The Morgan fingerprint density at radius 1 is 1.10 bits per heavy atom. The van der Waals surface area contributed by atoms with E-state index in [1.54, 1.807) is 0 Å². The topological polar surface area (TPSA) is 83.7 Å². The zero-order chi connectivity index (χ0) is 21.0. The van der Waals surface area contributed by atoms with E-state index in [2.05, 4.69) is 21.9 Å². The van der Waals surface area contributed by atoms with Gasteiger partial charge in [-0.2, -0.15) is 0 Å². The number of carbonyl (C=O) groups is 1. The molecule has 1 aromatic carbocycles. The van der Waals surface area contributed by atoms with E-state index in [1.165, 1.54) is 5.69 Å². The second-order valence-corrected chi connectivity index (χ2v) is 11.1. The molecule has 1 unspecified atom stereocenters. The molecule has 0 radical (unpaired) electrons. The van der Waals surface area contributed by atoms with E-state index in [4.69, 9.17) is 17.3 Å². The summed E-state index contributed by atoms with van der Waals surface area (Å²) < 4.78 is 23.8. The summed E-state index contributed by atoms with van der Waals surface area (Å²) in [6.45, 7) is 5.22. The van der Waals surface area contributed by atoms with Gasteiger partial charge in [-0.15, -0.1) is 0 Å². The highest BCUT2D eigenvalue weighted by atomic mass is 35.5. The second kappa shape index (κ2) is 9.67. The number of hydrogen-bond acceptors (Lipinski definition) is 5. The number of anilines is 1. The van der Waals surface area contributed by atoms with Crippen molar-refractivity contribution in [2.45, 2.75) is 37.4 Å². The van der Waals surface area contributed by atoms with Gasteiger partial charge < -0.3 is 10.6 Å². The fourth-order valence-corrected chi connectivity index (χ4v) is 6.34. The van der Waals surface area contributed by atoms with Crippen molar-refractivity contribution in [1.29, 1.82) is 0 Å². The third-order valence-electron chi connectivity index (χ3n) is 6.48. The van der Waals surface area contributed by atoms with Crippen LogP contribution in [-0.4, -0.2) is 63.5 Å². The van der Waals surface area contributed by atoms with Gasteiger partial charge in [-0.3, -0.25) is 9.69 Å². The summed E-state index contributed by atoms with van der Waals surface area (Å²) in [5.74, 6) is -0.218. The van der Waals surface area contributed by atoms with Crippen molar-refractivity contribution in [1.82, 2.24) is 4.90 Å². The molecule has 1 aromatic rings. The van der Waals surface area contributed by atoms with Gasteiger partial charge >= 0.3 is 0 Å². The second-order valence-electron chi connectivity index (χ2n) is 8.53. The van der Waals surface area contributed by atoms with Crippen LogP contribution in [-0.2, 0) is 14.6 Å². The van der Waals surface area contributed by atoms with Gasteiger partial charge in [-0.05, 0) is 61.9 Å². The predicted molar refractivity (Wildman–Crippen MR) is 118 cm³/mol. The minimum absolute atomic E-state index is 0.123. The molecule has 0 spiro atoms. The molecule has 1 atom stereocenters. The van der Waals surface area contributed by atoms with Crippen molar-refractivity contribution in [3.63, 3.8) is 0 Å². The first-order valence-electron chi connectivity index (χ1n) is 10.4. The smallest absolute Gasteiger partial charge is 0.236 e. The molecule has 2 aliphatic rings. The Labute approximate surface area is 179 Å². The first kappa shape index (κ1) is 22.4. The van der Waals surface area contributed by atoms with Crippen molar-refractivity contribution >= 4 is 33.0 Å². The molecule has 1 saturated carbocycles. The van der Waals surface area contributed by atoms with Crippen molar-refractivity contribution < 1.29 is 13.2 Å². The summed E-state index contributed by atoms with van der Waals surface area (Å²) in [5.41, 5.74) is 6.59. The van der Waals surface area contributed by atoms with Gasteiger partial charge in [-0.25, -0.2) is 8.42 Å². The molecule has 1 heterocycles. The summed E-state index contributed by atoms with van der Waals surface area (Å²) in [7, 11) is -3.44. The van der Waals surface area contributed by atoms with Crippen LogP contribution >= 0.6 is 11.6 Å². The van der Waals surface area contributed by atoms with Crippen molar-refractivity contribution in [2.24, 2.45) is 17.6 Å². The van der Waals surface area contributed by atoms with Crippen LogP contribution in [0.1, 0.15) is 32.1 Å². The first-order valence-corrected chi connectivity index (χ1v) is 12.8. The number of carbonyl (C=O) groups excluding carboxylic acids is 1. The minimum Gasteiger partial charge on any atom is -0.369 e. The quantitative estimate of drug-likeness (QED) is 0.702. The highest BCUT2D eigenvalue weighted by Crippen LogP contribution is 2.35. The molecule has 29 heavy (non-hydrogen) atoms. The molecule has 8 heteroatoms. The van der Waals surface area contributed by atoms with Gasteiger partial charge in [-0.1, -0.05) is 24.4 Å². The van der Waals surface area contributed by atoms with E-state index in [-0.39, 0.29) is 5.92 Å². The number of sulfone groups is 1. The van der Waals surface area contributed by atoms with E-state index in [0.29, 0.717) is 5.92 Å². The Morgan fingerprint density at radius 2 is 1.69 bits per heavy atom. The molecule has 6 nitrogen and oxygen atoms in total. The number of rotatable bonds is 7. The Bertz CT molecular complexity index is 784. The highest BCUT2D eigenvalue weighted by Gasteiger charge is 2.37. The molecular formula is C21H32ClN3O3S. The molecule has 1 amide bonds. The van der Waals surface area contributed by atoms with E-state index < -0.39 is 21.0 Å². The average molecular weight is 442 g/mol. The normalized spacial score (nSPS) is 25.0. The maximum Gasteiger partial charge on any atom is 0.236 e. The lowest BCUT2D eigenvalue weighted by Gasteiger charge is -2.37. The lowest BCUT2D eigenvalue weighted by Crippen LogP contribution is -2.47. The van der Waals surface area contributed by atoms with E-state index in [1.807, 2.05) is 12.1 Å². The molecular weight excluding hydrogens is 410 g/mol. The number of benzene rings is 1. The Morgan fingerprint density at radius 3 is 2.21 bits per heavy atom. The fraction of sp³-hybridized carbons (Fsp3) is 0.667. The van der Waals surface area contributed by atoms with Crippen molar-refractivity contribution in [3.05, 3.63) is 29.3 Å². The maximum absolute atomic E-state index is 11.9. The third kappa shape index (κ3) is 6.09. The van der Waals surface area contributed by atoms with Crippen LogP contribution in [0.2, 0.25) is 5.02 Å². The average Bonchev–Trinajstić information content (AvgIpc) is 2.67. The van der Waals surface area contributed by atoms with Crippen LogP contribution in [0.3, 0.4) is 0 Å². The van der Waals surface area contributed by atoms with Gasteiger partial charge in [0.1, 0.15) is 5.25 Å². The molecule has 2 fully saturated rings. The Kier molecular flexibility index (Phi) is 7.46. The molecule has 1 saturated heterocycles. The van der Waals surface area contributed by atoms with Gasteiger partial charge in [0.05, 0.1) is 0 Å². The predicted octanol–water partition coefficient (Wildman–Crippen LogP) is 2.56. The summed E-state index contributed by atoms with van der Waals surface area (Å²) in [6, 6.07) is 8.02. The monoisotopic (exact) mass is 441 g/mol. The molecule has 1 aliphatic carbocycles. The van der Waals surface area contributed by atoms with Gasteiger partial charge in [0.2, 0.25) is 5.91 Å². The maximum atomic E-state index is 11.9. The number of hydrogen-bond donors (Lipinski definition) is 1. The SMILES string of the molecule is CS(=O)(=O)C(C(N)=O)C1CCC(CCN2CCN(c3ccc(Cl)cc3)CC2)CC1. The number of nitrogens with two attached hydrogens (primary N) is 1. The van der Waals surface area contributed by atoms with Crippen molar-refractivity contribution in [3.8, 4) is 0 Å². The lowest BCUT2D eigenvalue weighted by atomic mass is 9.79. The zero-order valence-corrected chi connectivity index (χ0v) is 18.7. The number of halogens is 1. The van der Waals surface area contributed by atoms with E-state index in [0.717, 1.165) is 76.1 Å². The largest absolute Gasteiger partial charge is 0.369 e. The lowest BCUT2D eigenvalue weighted by molar-refractivity contribution is -0.118. The number of nitrogens with zero attached hydrogens (tertiary/aromatic N) is 2. The summed E-state index contributed by atoms with van der Waals surface area (Å²) in [6.07, 6.45) is 5.76. The number of amides is 1. The van der Waals surface area contributed by atoms with Crippen LogP contribution in [0.4, 0.5) is 5.69 Å². The Hall–Kier alpha value is -1.31. The molecule has 162 valence electrons. The summed E-state index contributed by atoms with van der Waals surface area (Å²) in [4.78, 5) is 16.5. The number of primary amides is 1. The summed E-state index contributed by atoms with van der Waals surface area (Å²) >= 11 is 5.97. The molecule has 3 rings (SSSR count). The third-order valence-corrected chi connectivity index (χ3v) is 8.27. The van der Waals surface area contributed by atoms with Crippen molar-refractivity contribution in [2.75, 3.05) is 43.9 Å². The van der Waals surface area contributed by atoms with Gasteiger partial charge in [0.25, 0.3) is 0 Å². The summed E-state index contributed by atoms with van der Waals surface area (Å²) in [5, 5.41) is -0.259. The minimum atomic E-state index is -3.44. The molecule has 0 aromatic heterocycles. The highest BCUT2D eigenvalue weighted by molar-refractivity contribution is 7.92. The van der Waals surface area contributed by atoms with Crippen LogP contribution < -0.4 is 10.6 Å². The van der Waals surface area contributed by atoms with Gasteiger partial charge in [0, 0.05) is 43.1 Å². The van der Waals surface area contributed by atoms with Crippen LogP contribution in [0.5, 0.6) is 0 Å². The Balaban J connectivity index is 1.40. The first-order chi connectivity index (χ1) is 13.7. The molecule has 2 N–H and O–H groups in total.